The first-order chi connectivity index (χ1) is 9.69. The fraction of sp³-hybridized carbons (Fsp3) is 0. The van der Waals surface area contributed by atoms with Gasteiger partial charge in [0.2, 0.25) is 0 Å². The van der Waals surface area contributed by atoms with E-state index in [4.69, 9.17) is 5.73 Å². The molecule has 4 nitrogen and oxygen atoms in total. The monoisotopic (exact) mass is 500 g/mol. The molecule has 0 amide bonds. The Kier molecular flexibility index (Phi) is 4.96. The van der Waals surface area contributed by atoms with Crippen LogP contribution >= 0.6 is 47.8 Å². The summed E-state index contributed by atoms with van der Waals surface area (Å²) in [6.07, 6.45) is 0. The highest BCUT2D eigenvalue weighted by molar-refractivity contribution is 9.11. The van der Waals surface area contributed by atoms with E-state index in [0.29, 0.717) is 14.6 Å². The van der Waals surface area contributed by atoms with Crippen molar-refractivity contribution in [2.24, 2.45) is 0 Å². The van der Waals surface area contributed by atoms with Crippen molar-refractivity contribution >= 4 is 69.2 Å². The van der Waals surface area contributed by atoms with Crippen LogP contribution in [0.25, 0.3) is 0 Å². The Bertz CT molecular complexity index is 769. The molecular formula is C12H8Br3FN2O2S. The molecule has 0 saturated carbocycles. The Labute approximate surface area is 146 Å². The number of rotatable bonds is 3. The standard InChI is InChI=1S/C12H8Br3FN2O2S/c13-6-1-10(14)12(11(15)2-6)18-21(19,20)9-4-7(16)3-8(17)5-9/h1-5,18H,17H2. The summed E-state index contributed by atoms with van der Waals surface area (Å²) >= 11 is 9.82. The predicted molar refractivity (Wildman–Crippen MR) is 91.2 cm³/mol. The van der Waals surface area contributed by atoms with Crippen molar-refractivity contribution in [3.63, 3.8) is 0 Å². The fourth-order valence-electron chi connectivity index (χ4n) is 1.57. The van der Waals surface area contributed by atoms with Crippen LogP contribution in [0.1, 0.15) is 0 Å². The largest absolute Gasteiger partial charge is 0.399 e. The van der Waals surface area contributed by atoms with E-state index in [-0.39, 0.29) is 10.6 Å². The maximum Gasteiger partial charge on any atom is 0.262 e. The molecule has 0 aliphatic heterocycles. The molecule has 21 heavy (non-hydrogen) atoms. The lowest BCUT2D eigenvalue weighted by Crippen LogP contribution is -2.14. The van der Waals surface area contributed by atoms with Crippen molar-refractivity contribution in [2.45, 2.75) is 4.90 Å². The van der Waals surface area contributed by atoms with E-state index in [9.17, 15) is 12.8 Å². The minimum atomic E-state index is -3.96. The minimum Gasteiger partial charge on any atom is -0.399 e. The average molecular weight is 503 g/mol. The number of benzene rings is 2. The van der Waals surface area contributed by atoms with Crippen LogP contribution in [0.3, 0.4) is 0 Å². The van der Waals surface area contributed by atoms with E-state index in [1.807, 2.05) is 0 Å². The SMILES string of the molecule is Nc1cc(F)cc(S(=O)(=O)Nc2c(Br)cc(Br)cc2Br)c1. The molecule has 0 aliphatic carbocycles. The first-order valence-electron chi connectivity index (χ1n) is 5.42. The summed E-state index contributed by atoms with van der Waals surface area (Å²) in [7, 11) is -3.96. The second kappa shape index (κ2) is 6.23. The van der Waals surface area contributed by atoms with E-state index >= 15 is 0 Å². The van der Waals surface area contributed by atoms with Crippen LogP contribution in [0.2, 0.25) is 0 Å². The molecule has 3 N–H and O–H groups in total. The van der Waals surface area contributed by atoms with Crippen LogP contribution in [-0.4, -0.2) is 8.42 Å². The summed E-state index contributed by atoms with van der Waals surface area (Å²) in [5.74, 6) is -0.718. The van der Waals surface area contributed by atoms with Gasteiger partial charge < -0.3 is 5.73 Å². The van der Waals surface area contributed by atoms with E-state index in [0.717, 1.165) is 16.6 Å². The number of anilines is 2. The third kappa shape index (κ3) is 3.97. The maximum atomic E-state index is 13.3. The van der Waals surface area contributed by atoms with Gasteiger partial charge in [-0.05, 0) is 62.2 Å². The first-order valence-corrected chi connectivity index (χ1v) is 9.29. The van der Waals surface area contributed by atoms with Crippen molar-refractivity contribution < 1.29 is 12.8 Å². The second-order valence-corrected chi connectivity index (χ2v) is 8.38. The van der Waals surface area contributed by atoms with Crippen LogP contribution in [-0.2, 0) is 10.0 Å². The first kappa shape index (κ1) is 16.7. The van der Waals surface area contributed by atoms with Crippen LogP contribution in [0.5, 0.6) is 0 Å². The zero-order valence-electron chi connectivity index (χ0n) is 10.2. The van der Waals surface area contributed by atoms with Gasteiger partial charge in [-0.2, -0.15) is 0 Å². The molecule has 0 unspecified atom stereocenters. The lowest BCUT2D eigenvalue weighted by Gasteiger charge is -2.12. The summed E-state index contributed by atoms with van der Waals surface area (Å²) in [6.45, 7) is 0. The fourth-order valence-corrected chi connectivity index (χ4v) is 5.46. The van der Waals surface area contributed by atoms with Gasteiger partial charge in [0.25, 0.3) is 10.0 Å². The van der Waals surface area contributed by atoms with E-state index in [2.05, 4.69) is 52.5 Å². The zero-order valence-corrected chi connectivity index (χ0v) is 15.8. The number of halogens is 4. The Morgan fingerprint density at radius 2 is 1.57 bits per heavy atom. The molecule has 0 atom stereocenters. The zero-order chi connectivity index (χ0) is 15.8. The number of nitrogens with one attached hydrogen (secondary N) is 1. The molecule has 0 fully saturated rings. The molecule has 0 aliphatic rings. The lowest BCUT2D eigenvalue weighted by molar-refractivity contribution is 0.595. The Balaban J connectivity index is 2.47. The average Bonchev–Trinajstić information content (AvgIpc) is 2.32. The molecule has 112 valence electrons. The Hall–Kier alpha value is -0.640. The quantitative estimate of drug-likeness (QED) is 0.607. The van der Waals surface area contributed by atoms with E-state index in [1.54, 1.807) is 12.1 Å². The van der Waals surface area contributed by atoms with Gasteiger partial charge in [0.05, 0.1) is 10.6 Å². The van der Waals surface area contributed by atoms with Crippen molar-refractivity contribution in [2.75, 3.05) is 10.5 Å². The van der Waals surface area contributed by atoms with Gasteiger partial charge in [-0.3, -0.25) is 4.72 Å². The molecule has 0 bridgehead atoms. The highest BCUT2D eigenvalue weighted by Gasteiger charge is 2.19. The van der Waals surface area contributed by atoms with Gasteiger partial charge in [0, 0.05) is 19.1 Å². The highest BCUT2D eigenvalue weighted by atomic mass is 79.9. The van der Waals surface area contributed by atoms with Crippen molar-refractivity contribution in [3.05, 3.63) is 49.6 Å². The normalized spacial score (nSPS) is 11.4. The molecule has 0 heterocycles. The van der Waals surface area contributed by atoms with Gasteiger partial charge in [0.1, 0.15) is 5.82 Å². The van der Waals surface area contributed by atoms with Gasteiger partial charge in [-0.25, -0.2) is 12.8 Å². The number of nitrogen functional groups attached to an aromatic ring is 1. The number of nitrogens with two attached hydrogens (primary N) is 1. The van der Waals surface area contributed by atoms with Gasteiger partial charge in [-0.15, -0.1) is 0 Å². The summed E-state index contributed by atoms with van der Waals surface area (Å²) in [5.41, 5.74) is 5.81. The summed E-state index contributed by atoms with van der Waals surface area (Å²) in [6, 6.07) is 6.50. The van der Waals surface area contributed by atoms with E-state index < -0.39 is 15.8 Å². The third-order valence-electron chi connectivity index (χ3n) is 2.45. The van der Waals surface area contributed by atoms with Crippen LogP contribution < -0.4 is 10.5 Å². The van der Waals surface area contributed by atoms with Crippen LogP contribution in [0.4, 0.5) is 15.8 Å². The second-order valence-electron chi connectivity index (χ2n) is 4.07. The molecule has 0 saturated heterocycles. The van der Waals surface area contributed by atoms with Gasteiger partial charge in [-0.1, -0.05) is 15.9 Å². The van der Waals surface area contributed by atoms with Gasteiger partial charge in [0.15, 0.2) is 0 Å². The summed E-state index contributed by atoms with van der Waals surface area (Å²) in [5, 5.41) is 0. The third-order valence-corrected chi connectivity index (χ3v) is 5.49. The van der Waals surface area contributed by atoms with Crippen molar-refractivity contribution in [1.82, 2.24) is 0 Å². The predicted octanol–water partition coefficient (Wildman–Crippen LogP) is 4.50. The van der Waals surface area contributed by atoms with Crippen LogP contribution in [0, 0.1) is 5.82 Å². The lowest BCUT2D eigenvalue weighted by atomic mass is 10.3. The molecule has 2 aromatic rings. The Morgan fingerprint density at radius 1 is 1.00 bits per heavy atom. The molecule has 0 aromatic heterocycles. The molecule has 2 aromatic carbocycles. The molecule has 0 radical (unpaired) electrons. The van der Waals surface area contributed by atoms with Crippen LogP contribution in [0.15, 0.2) is 48.6 Å². The van der Waals surface area contributed by atoms with Crippen molar-refractivity contribution in [1.29, 1.82) is 0 Å². The number of hydrogen-bond acceptors (Lipinski definition) is 3. The minimum absolute atomic E-state index is 0.0318. The highest BCUT2D eigenvalue weighted by Crippen LogP contribution is 2.35. The summed E-state index contributed by atoms with van der Waals surface area (Å²) in [4.78, 5) is -0.248. The number of sulfonamides is 1. The molecule has 9 heteroatoms. The molecule has 0 spiro atoms. The van der Waals surface area contributed by atoms with Gasteiger partial charge >= 0.3 is 0 Å². The Morgan fingerprint density at radius 3 is 2.10 bits per heavy atom. The molecule has 2 rings (SSSR count). The summed E-state index contributed by atoms with van der Waals surface area (Å²) < 4.78 is 42.1. The topological polar surface area (TPSA) is 72.2 Å². The van der Waals surface area contributed by atoms with Crippen molar-refractivity contribution in [3.8, 4) is 0 Å². The van der Waals surface area contributed by atoms with E-state index in [1.165, 1.54) is 6.07 Å². The number of hydrogen-bond donors (Lipinski definition) is 2. The molecular weight excluding hydrogens is 495 g/mol. The smallest absolute Gasteiger partial charge is 0.262 e. The maximum absolute atomic E-state index is 13.3.